The third kappa shape index (κ3) is 4.83. The zero-order valence-electron chi connectivity index (χ0n) is 15.7. The topological polar surface area (TPSA) is 88.3 Å². The van der Waals surface area contributed by atoms with E-state index in [1.165, 1.54) is 17.3 Å². The van der Waals surface area contributed by atoms with Gasteiger partial charge in [-0.2, -0.15) is 0 Å². The molecule has 1 aliphatic heterocycles. The van der Waals surface area contributed by atoms with E-state index < -0.39 is 0 Å². The maximum atomic E-state index is 12.3. The van der Waals surface area contributed by atoms with Crippen LogP contribution in [-0.4, -0.2) is 34.3 Å². The minimum atomic E-state index is -0.199. The Bertz CT molecular complexity index is 978. The van der Waals surface area contributed by atoms with Gasteiger partial charge in [-0.15, -0.1) is 16.9 Å². The predicted octanol–water partition coefficient (Wildman–Crippen LogP) is 3.46. The smallest absolute Gasteiger partial charge is 0.322 e. The summed E-state index contributed by atoms with van der Waals surface area (Å²) in [4.78, 5) is 26.2. The number of hydrogen-bond donors (Lipinski definition) is 1. The minimum Gasteiger partial charge on any atom is -0.407 e. The van der Waals surface area contributed by atoms with Gasteiger partial charge in [0.25, 0.3) is 0 Å². The lowest BCUT2D eigenvalue weighted by atomic mass is 10.1. The highest BCUT2D eigenvalue weighted by Gasteiger charge is 2.35. The highest BCUT2D eigenvalue weighted by Crippen LogP contribution is 2.31. The van der Waals surface area contributed by atoms with Crippen LogP contribution in [0.3, 0.4) is 0 Å². The van der Waals surface area contributed by atoms with Gasteiger partial charge in [-0.3, -0.25) is 14.9 Å². The molecule has 2 aromatic carbocycles. The normalized spacial score (nSPS) is 16.2. The lowest BCUT2D eigenvalue weighted by Gasteiger charge is -2.15. The van der Waals surface area contributed by atoms with Gasteiger partial charge in [0.15, 0.2) is 0 Å². The Hall–Kier alpha value is -3.13. The highest BCUT2D eigenvalue weighted by molar-refractivity contribution is 7.99. The summed E-state index contributed by atoms with van der Waals surface area (Å²) in [6.45, 7) is 0.478. The summed E-state index contributed by atoms with van der Waals surface area (Å²) in [7, 11) is 0. The summed E-state index contributed by atoms with van der Waals surface area (Å²) in [6, 6.07) is 19.5. The summed E-state index contributed by atoms with van der Waals surface area (Å²) in [5, 5.41) is 10.6. The summed E-state index contributed by atoms with van der Waals surface area (Å²) in [5.74, 6) is 1.04. The van der Waals surface area contributed by atoms with E-state index in [0.717, 1.165) is 11.4 Å². The highest BCUT2D eigenvalue weighted by atomic mass is 32.2. The van der Waals surface area contributed by atoms with Crippen LogP contribution in [0.1, 0.15) is 23.8 Å². The van der Waals surface area contributed by atoms with E-state index in [9.17, 15) is 9.59 Å². The number of carbonyl (C=O) groups is 2. The number of nitrogens with zero attached hydrogens (tertiary/aromatic N) is 3. The Labute approximate surface area is 172 Å². The van der Waals surface area contributed by atoms with Gasteiger partial charge in [-0.25, -0.2) is 0 Å². The molecule has 1 atom stereocenters. The molecule has 3 aromatic rings. The summed E-state index contributed by atoms with van der Waals surface area (Å²) < 4.78 is 5.59. The van der Waals surface area contributed by atoms with Crippen LogP contribution in [-0.2, 0) is 15.3 Å². The van der Waals surface area contributed by atoms with E-state index in [2.05, 4.69) is 15.5 Å². The van der Waals surface area contributed by atoms with E-state index in [-0.39, 0.29) is 29.5 Å². The fourth-order valence-corrected chi connectivity index (χ4v) is 3.96. The molecule has 7 nitrogen and oxygen atoms in total. The van der Waals surface area contributed by atoms with Gasteiger partial charge < -0.3 is 9.32 Å². The van der Waals surface area contributed by atoms with Crippen LogP contribution >= 0.6 is 11.8 Å². The summed E-state index contributed by atoms with van der Waals surface area (Å²) in [6.07, 6.45) is 0.303. The number of anilines is 2. The molecule has 1 fully saturated rings. The van der Waals surface area contributed by atoms with Crippen molar-refractivity contribution in [2.45, 2.75) is 18.1 Å². The molecule has 2 heterocycles. The van der Waals surface area contributed by atoms with E-state index in [1.807, 2.05) is 60.7 Å². The molecule has 4 rings (SSSR count). The summed E-state index contributed by atoms with van der Waals surface area (Å²) in [5.41, 5.74) is 2.02. The van der Waals surface area contributed by atoms with Crippen LogP contribution in [0, 0.1) is 0 Å². The van der Waals surface area contributed by atoms with Crippen molar-refractivity contribution in [3.05, 3.63) is 72.1 Å². The number of rotatable bonds is 7. The molecule has 0 saturated carbocycles. The first-order chi connectivity index (χ1) is 14.2. The van der Waals surface area contributed by atoms with Crippen molar-refractivity contribution in [3.63, 3.8) is 0 Å². The lowest BCUT2D eigenvalue weighted by molar-refractivity contribution is -0.117. The van der Waals surface area contributed by atoms with Crippen LogP contribution in [0.15, 0.2) is 65.1 Å². The van der Waals surface area contributed by atoms with Gasteiger partial charge in [0.2, 0.25) is 17.7 Å². The zero-order valence-corrected chi connectivity index (χ0v) is 16.5. The predicted molar refractivity (Wildman–Crippen MR) is 112 cm³/mol. The lowest BCUT2D eigenvalue weighted by Crippen LogP contribution is -2.24. The van der Waals surface area contributed by atoms with Crippen molar-refractivity contribution >= 4 is 35.3 Å². The fraction of sp³-hybridized carbons (Fsp3) is 0.238. The van der Waals surface area contributed by atoms with Gasteiger partial charge in [-0.05, 0) is 17.7 Å². The van der Waals surface area contributed by atoms with Gasteiger partial charge in [0, 0.05) is 24.4 Å². The van der Waals surface area contributed by atoms with Crippen molar-refractivity contribution in [2.24, 2.45) is 0 Å². The van der Waals surface area contributed by atoms with Gasteiger partial charge in [-0.1, -0.05) is 53.6 Å². The minimum absolute atomic E-state index is 0.0160. The number of hydrogen-bond acceptors (Lipinski definition) is 6. The van der Waals surface area contributed by atoms with Crippen molar-refractivity contribution in [3.8, 4) is 0 Å². The standard InChI is InChI=1S/C21H20N4O3S/c26-18(14-29-13-15-7-3-1-4-8-15)22-21-24-23-20(28-21)16-11-19(27)25(12-16)17-9-5-2-6-10-17/h1-10,16H,11-14H2,(H,22,24,26). The molecule has 1 saturated heterocycles. The molecule has 0 aliphatic carbocycles. The van der Waals surface area contributed by atoms with E-state index >= 15 is 0 Å². The maximum Gasteiger partial charge on any atom is 0.322 e. The van der Waals surface area contributed by atoms with Crippen LogP contribution in [0.25, 0.3) is 0 Å². The number of nitrogens with one attached hydrogen (secondary N) is 1. The Morgan fingerprint density at radius 1 is 1.10 bits per heavy atom. The molecule has 0 radical (unpaired) electrons. The Kier molecular flexibility index (Phi) is 5.90. The first-order valence-electron chi connectivity index (χ1n) is 9.29. The Morgan fingerprint density at radius 3 is 2.59 bits per heavy atom. The van der Waals surface area contributed by atoms with E-state index in [0.29, 0.717) is 18.9 Å². The monoisotopic (exact) mass is 408 g/mol. The Morgan fingerprint density at radius 2 is 1.83 bits per heavy atom. The summed E-state index contributed by atoms with van der Waals surface area (Å²) >= 11 is 1.51. The fourth-order valence-electron chi connectivity index (χ4n) is 3.17. The molecular weight excluding hydrogens is 388 g/mol. The van der Waals surface area contributed by atoms with E-state index in [4.69, 9.17) is 4.42 Å². The van der Waals surface area contributed by atoms with Crippen molar-refractivity contribution < 1.29 is 14.0 Å². The molecule has 0 spiro atoms. The number of para-hydroxylation sites is 1. The molecule has 1 aromatic heterocycles. The van der Waals surface area contributed by atoms with Crippen LogP contribution in [0.5, 0.6) is 0 Å². The molecular formula is C21H20N4O3S. The number of aromatic nitrogens is 2. The SMILES string of the molecule is O=C(CSCc1ccccc1)Nc1nnc(C2CC(=O)N(c3ccccc3)C2)o1. The third-order valence-electron chi connectivity index (χ3n) is 4.57. The second-order valence-electron chi connectivity index (χ2n) is 6.71. The maximum absolute atomic E-state index is 12.3. The van der Waals surface area contributed by atoms with E-state index in [1.54, 1.807) is 4.90 Å². The van der Waals surface area contributed by atoms with Gasteiger partial charge in [0.1, 0.15) is 0 Å². The zero-order chi connectivity index (χ0) is 20.1. The Balaban J connectivity index is 1.29. The molecule has 1 N–H and O–H groups in total. The first kappa shape index (κ1) is 19.2. The number of amides is 2. The molecule has 29 heavy (non-hydrogen) atoms. The quantitative estimate of drug-likeness (QED) is 0.644. The third-order valence-corrected chi connectivity index (χ3v) is 5.58. The molecule has 1 aliphatic rings. The number of benzene rings is 2. The second-order valence-corrected chi connectivity index (χ2v) is 7.70. The van der Waals surface area contributed by atoms with Gasteiger partial charge in [0.05, 0.1) is 11.7 Å². The average Bonchev–Trinajstić information content (AvgIpc) is 3.36. The van der Waals surface area contributed by atoms with Crippen LogP contribution in [0.2, 0.25) is 0 Å². The molecule has 2 amide bonds. The second kappa shape index (κ2) is 8.91. The average molecular weight is 408 g/mol. The first-order valence-corrected chi connectivity index (χ1v) is 10.4. The molecule has 0 bridgehead atoms. The number of carbonyl (C=O) groups excluding carboxylic acids is 2. The van der Waals surface area contributed by atoms with Gasteiger partial charge >= 0.3 is 6.01 Å². The van der Waals surface area contributed by atoms with Crippen molar-refractivity contribution in [1.29, 1.82) is 0 Å². The number of thioether (sulfide) groups is 1. The van der Waals surface area contributed by atoms with Crippen molar-refractivity contribution in [2.75, 3.05) is 22.5 Å². The van der Waals surface area contributed by atoms with Crippen LogP contribution in [0.4, 0.5) is 11.7 Å². The molecule has 1 unspecified atom stereocenters. The van der Waals surface area contributed by atoms with Crippen molar-refractivity contribution in [1.82, 2.24) is 10.2 Å². The van der Waals surface area contributed by atoms with Crippen LogP contribution < -0.4 is 10.2 Å². The molecule has 148 valence electrons. The molecule has 8 heteroatoms. The largest absolute Gasteiger partial charge is 0.407 e.